The Morgan fingerprint density at radius 1 is 0.897 bits per heavy atom. The molecule has 0 aliphatic carbocycles. The van der Waals surface area contributed by atoms with Crippen LogP contribution in [0.2, 0.25) is 0 Å². The lowest BCUT2D eigenvalue weighted by Gasteiger charge is -2.40. The molecule has 6 heteroatoms. The van der Waals surface area contributed by atoms with E-state index in [9.17, 15) is 13.2 Å². The average molecular weight is 406 g/mol. The minimum absolute atomic E-state index is 0.0320. The van der Waals surface area contributed by atoms with Crippen LogP contribution in [-0.4, -0.2) is 23.5 Å². The smallest absolute Gasteiger partial charge is 0.166 e. The molecule has 0 aromatic heterocycles. The van der Waals surface area contributed by atoms with E-state index in [1.807, 2.05) is 6.07 Å². The monoisotopic (exact) mass is 406 g/mol. The molecule has 0 amide bonds. The molecule has 0 fully saturated rings. The molecule has 1 rings (SSSR count). The molecule has 0 saturated carbocycles. The lowest BCUT2D eigenvalue weighted by Crippen LogP contribution is -2.41. The van der Waals surface area contributed by atoms with Crippen molar-refractivity contribution in [3.05, 3.63) is 22.8 Å². The van der Waals surface area contributed by atoms with Crippen molar-refractivity contribution in [1.29, 1.82) is 0 Å². The molecular formula is C23H40B3F3. The fourth-order valence-corrected chi connectivity index (χ4v) is 4.74. The average Bonchev–Trinajstić information content (AvgIpc) is 2.62. The van der Waals surface area contributed by atoms with Gasteiger partial charge in [-0.25, -0.2) is 0 Å². The summed E-state index contributed by atoms with van der Waals surface area (Å²) in [6.45, 7) is 13.1. The largest absolute Gasteiger partial charge is 0.415 e. The SMILES string of the molecule is Bc1cc(C(B)C(C)(C)CC)c(C(C)(CC)CCCCCC)c(B)c1C(F)(F)F. The first kappa shape index (κ1) is 26.2. The Morgan fingerprint density at radius 3 is 1.93 bits per heavy atom. The van der Waals surface area contributed by atoms with Crippen LogP contribution in [0.4, 0.5) is 13.2 Å². The highest BCUT2D eigenvalue weighted by molar-refractivity contribution is 6.41. The molecule has 0 bridgehead atoms. The fourth-order valence-electron chi connectivity index (χ4n) is 4.74. The normalized spacial score (nSPS) is 15.9. The molecule has 0 aliphatic heterocycles. The standard InChI is InChI=1S/C23H40B3F3/c1-7-10-11-12-13-22(6,9-3)17-15(20(26)21(4,5)8-2)14-16(24)18(19(17)25)23(27,28)29/h14,20H,7-13,24-26H2,1-6H3. The van der Waals surface area contributed by atoms with Crippen LogP contribution in [0.25, 0.3) is 0 Å². The van der Waals surface area contributed by atoms with Crippen molar-refractivity contribution in [3.63, 3.8) is 0 Å². The number of hydrogen-bond donors (Lipinski definition) is 0. The Kier molecular flexibility index (Phi) is 9.06. The zero-order valence-electron chi connectivity index (χ0n) is 20.2. The van der Waals surface area contributed by atoms with Crippen molar-refractivity contribution in [2.45, 2.75) is 104 Å². The van der Waals surface area contributed by atoms with Crippen LogP contribution < -0.4 is 10.9 Å². The van der Waals surface area contributed by atoms with Crippen LogP contribution in [0.15, 0.2) is 6.07 Å². The van der Waals surface area contributed by atoms with Crippen molar-refractivity contribution < 1.29 is 13.2 Å². The van der Waals surface area contributed by atoms with Crippen molar-refractivity contribution >= 4 is 34.5 Å². The van der Waals surface area contributed by atoms with E-state index >= 15 is 0 Å². The third-order valence-electron chi connectivity index (χ3n) is 7.60. The van der Waals surface area contributed by atoms with E-state index in [4.69, 9.17) is 0 Å². The molecule has 0 heterocycles. The van der Waals surface area contributed by atoms with Gasteiger partial charge in [0.1, 0.15) is 23.5 Å². The predicted molar refractivity (Wildman–Crippen MR) is 130 cm³/mol. The molecule has 1 aromatic carbocycles. The maximum Gasteiger partial charge on any atom is 0.415 e. The Hall–Kier alpha value is -0.795. The molecule has 29 heavy (non-hydrogen) atoms. The van der Waals surface area contributed by atoms with E-state index < -0.39 is 11.7 Å². The summed E-state index contributed by atoms with van der Waals surface area (Å²) in [5.41, 5.74) is 2.26. The van der Waals surface area contributed by atoms with Crippen LogP contribution in [0, 0.1) is 5.41 Å². The Morgan fingerprint density at radius 2 is 1.48 bits per heavy atom. The highest BCUT2D eigenvalue weighted by Crippen LogP contribution is 2.43. The van der Waals surface area contributed by atoms with Gasteiger partial charge in [0.05, 0.1) is 0 Å². The summed E-state index contributed by atoms with van der Waals surface area (Å²) >= 11 is 0. The molecule has 162 valence electrons. The number of alkyl halides is 3. The third kappa shape index (κ3) is 5.88. The first-order chi connectivity index (χ1) is 13.3. The van der Waals surface area contributed by atoms with Crippen molar-refractivity contribution in [2.24, 2.45) is 5.41 Å². The molecule has 0 saturated heterocycles. The molecule has 0 radical (unpaired) electrons. The summed E-state index contributed by atoms with van der Waals surface area (Å²) in [5.74, 6) is 0.198. The molecule has 1 aromatic rings. The summed E-state index contributed by atoms with van der Waals surface area (Å²) in [6.07, 6.45) is 3.04. The fraction of sp³-hybridized carbons (Fsp3) is 0.739. The molecule has 0 spiro atoms. The van der Waals surface area contributed by atoms with Gasteiger partial charge in [0.15, 0.2) is 0 Å². The number of hydrogen-bond acceptors (Lipinski definition) is 0. The number of halogens is 3. The lowest BCUT2D eigenvalue weighted by molar-refractivity contribution is -0.135. The Labute approximate surface area is 180 Å². The van der Waals surface area contributed by atoms with Crippen LogP contribution in [0.5, 0.6) is 0 Å². The summed E-state index contributed by atoms with van der Waals surface area (Å²) in [7, 11) is 5.53. The van der Waals surface area contributed by atoms with Crippen molar-refractivity contribution in [2.75, 3.05) is 0 Å². The van der Waals surface area contributed by atoms with Gasteiger partial charge in [-0.3, -0.25) is 0 Å². The van der Waals surface area contributed by atoms with Crippen molar-refractivity contribution in [3.8, 4) is 0 Å². The van der Waals surface area contributed by atoms with Crippen molar-refractivity contribution in [1.82, 2.24) is 0 Å². The maximum absolute atomic E-state index is 14.0. The number of benzene rings is 1. The zero-order chi connectivity index (χ0) is 22.6. The number of unbranched alkanes of at least 4 members (excludes halogenated alkanes) is 3. The molecule has 0 nitrogen and oxygen atoms in total. The van der Waals surface area contributed by atoms with Gasteiger partial charge in [-0.2, -0.15) is 13.2 Å². The van der Waals surface area contributed by atoms with Gasteiger partial charge in [-0.15, -0.1) is 0 Å². The minimum atomic E-state index is -4.32. The van der Waals surface area contributed by atoms with Crippen LogP contribution in [0.1, 0.15) is 109 Å². The van der Waals surface area contributed by atoms with Gasteiger partial charge in [0.25, 0.3) is 0 Å². The van der Waals surface area contributed by atoms with E-state index in [0.29, 0.717) is 10.9 Å². The molecular weight excluding hydrogens is 366 g/mol. The first-order valence-electron chi connectivity index (χ1n) is 11.5. The van der Waals surface area contributed by atoms with Gasteiger partial charge >= 0.3 is 6.18 Å². The second kappa shape index (κ2) is 10.0. The van der Waals surface area contributed by atoms with E-state index in [2.05, 4.69) is 49.4 Å². The summed E-state index contributed by atoms with van der Waals surface area (Å²) in [5, 5.41) is 0. The van der Waals surface area contributed by atoms with Gasteiger partial charge in [0.2, 0.25) is 0 Å². The van der Waals surface area contributed by atoms with Gasteiger partial charge in [0, 0.05) is 5.56 Å². The molecule has 2 unspecified atom stereocenters. The Balaban J connectivity index is 3.73. The number of rotatable bonds is 10. The topological polar surface area (TPSA) is 0 Å². The van der Waals surface area contributed by atoms with E-state index in [1.54, 1.807) is 15.7 Å². The zero-order valence-corrected chi connectivity index (χ0v) is 20.2. The predicted octanol–water partition coefficient (Wildman–Crippen LogP) is 3.97. The summed E-state index contributed by atoms with van der Waals surface area (Å²) in [6, 6.07) is 1.85. The highest BCUT2D eigenvalue weighted by Gasteiger charge is 2.40. The van der Waals surface area contributed by atoms with Crippen LogP contribution in [-0.2, 0) is 11.6 Å². The van der Waals surface area contributed by atoms with Gasteiger partial charge in [-0.05, 0) is 40.6 Å². The van der Waals surface area contributed by atoms with Gasteiger partial charge in [-0.1, -0.05) is 90.6 Å². The lowest BCUT2D eigenvalue weighted by atomic mass is 9.56. The second-order valence-corrected chi connectivity index (χ2v) is 9.94. The molecule has 2 atom stereocenters. The van der Waals surface area contributed by atoms with Gasteiger partial charge < -0.3 is 0 Å². The van der Waals surface area contributed by atoms with E-state index in [0.717, 1.165) is 49.7 Å². The third-order valence-corrected chi connectivity index (χ3v) is 7.60. The van der Waals surface area contributed by atoms with Crippen LogP contribution in [0.3, 0.4) is 0 Å². The first-order valence-corrected chi connectivity index (χ1v) is 11.5. The Bertz CT molecular complexity index is 683. The quantitative estimate of drug-likeness (QED) is 0.408. The van der Waals surface area contributed by atoms with E-state index in [-0.39, 0.29) is 16.6 Å². The summed E-state index contributed by atoms with van der Waals surface area (Å²) < 4.78 is 41.9. The molecule has 0 N–H and O–H groups in total. The minimum Gasteiger partial charge on any atom is -0.166 e. The van der Waals surface area contributed by atoms with Crippen LogP contribution >= 0.6 is 0 Å². The second-order valence-electron chi connectivity index (χ2n) is 9.94. The summed E-state index contributed by atoms with van der Waals surface area (Å²) in [4.78, 5) is 0. The maximum atomic E-state index is 14.0. The van der Waals surface area contributed by atoms with E-state index in [1.165, 1.54) is 6.42 Å². The molecule has 0 aliphatic rings. The highest BCUT2D eigenvalue weighted by atomic mass is 19.4.